The van der Waals surface area contributed by atoms with Gasteiger partial charge in [0.2, 0.25) is 25.4 Å². The highest BCUT2D eigenvalue weighted by Gasteiger charge is 2.82. The van der Waals surface area contributed by atoms with Gasteiger partial charge in [0, 0.05) is 0 Å². The number of amides is 2. The van der Waals surface area contributed by atoms with Gasteiger partial charge in [0.15, 0.2) is 28.8 Å². The van der Waals surface area contributed by atoms with Crippen LogP contribution in [-0.4, -0.2) is 42.3 Å². The number of carbonyl (C=O) groups is 4. The highest BCUT2D eigenvalue weighted by molar-refractivity contribution is 6.39. The number of carboxylic acids is 1. The van der Waals surface area contributed by atoms with Gasteiger partial charge < -0.3 is 24.1 Å². The quantitative estimate of drug-likeness (QED) is 0.191. The smallest absolute Gasteiger partial charge is 0.337 e. The van der Waals surface area contributed by atoms with E-state index in [1.165, 1.54) is 18.2 Å². The van der Waals surface area contributed by atoms with E-state index in [0.717, 1.165) is 4.90 Å². The van der Waals surface area contributed by atoms with E-state index in [9.17, 15) is 9.90 Å². The van der Waals surface area contributed by atoms with E-state index in [1.807, 2.05) is 84.9 Å². The number of fused-ring (bicyclic) bond motifs is 7. The highest BCUT2D eigenvalue weighted by atomic mass is 35.5. The molecule has 260 valence electrons. The minimum absolute atomic E-state index is 0.0234. The van der Waals surface area contributed by atoms with Gasteiger partial charge in [0.1, 0.15) is 0 Å². The molecule has 53 heavy (non-hydrogen) atoms. The number of ketones is 1. The normalized spacial score (nSPS) is 24.7. The van der Waals surface area contributed by atoms with Gasteiger partial charge in [-0.15, -0.1) is 0 Å². The molecule has 2 amide bonds. The lowest BCUT2D eigenvalue weighted by molar-refractivity contribution is -0.130. The molecular weight excluding hydrogens is 698 g/mol. The number of hydrogen-bond donors (Lipinski definition) is 1. The summed E-state index contributed by atoms with van der Waals surface area (Å²) in [4.78, 5) is 60.0. The third-order valence-corrected chi connectivity index (χ3v) is 11.5. The molecule has 5 aromatic rings. The van der Waals surface area contributed by atoms with E-state index >= 15 is 14.4 Å². The molecular formula is C42H26ClNO9. The molecule has 0 unspecified atom stereocenters. The second-order valence-corrected chi connectivity index (χ2v) is 13.9. The fraction of sp³-hybridized carbons (Fsp3) is 0.143. The van der Waals surface area contributed by atoms with Crippen molar-refractivity contribution in [2.24, 2.45) is 11.8 Å². The molecule has 4 atom stereocenters. The van der Waals surface area contributed by atoms with Crippen molar-refractivity contribution in [2.45, 2.75) is 10.8 Å². The summed E-state index contributed by atoms with van der Waals surface area (Å²) < 4.78 is 23.0. The molecule has 11 heteroatoms. The van der Waals surface area contributed by atoms with Crippen LogP contribution in [0.25, 0.3) is 11.1 Å². The number of anilines is 1. The minimum Gasteiger partial charge on any atom is -0.478 e. The van der Waals surface area contributed by atoms with E-state index in [-0.39, 0.29) is 35.6 Å². The lowest BCUT2D eigenvalue weighted by atomic mass is 9.59. The maximum Gasteiger partial charge on any atom is 0.337 e. The molecule has 1 saturated carbocycles. The highest BCUT2D eigenvalue weighted by Crippen LogP contribution is 2.74. The molecule has 3 heterocycles. The first-order valence-corrected chi connectivity index (χ1v) is 17.3. The Bertz CT molecular complexity index is 2360. The Morgan fingerprint density at radius 2 is 1.09 bits per heavy atom. The summed E-state index contributed by atoms with van der Waals surface area (Å²) in [5, 5.41) is 9.88. The standard InChI is InChI=1S/C42H26ClNO9/c43-28-14-13-26(19-27(28)39(47)48)44-37(45)35-36(38(44)46)42(25-9-5-2-6-10-25)34(23-12-16-30-32(18-23)53-21-51-30)33(22-11-15-29-31(17-22)52-20-50-29)41(35,40(42)49)24-7-3-1-4-8-24/h1-19,35-36H,20-21H2,(H,47,48)/t35-,36-,41+,42+/m1/s1. The molecule has 2 bridgehead atoms. The third kappa shape index (κ3) is 3.93. The monoisotopic (exact) mass is 723 g/mol. The fourth-order valence-corrected chi connectivity index (χ4v) is 9.50. The van der Waals surface area contributed by atoms with Gasteiger partial charge in [-0.25, -0.2) is 9.69 Å². The third-order valence-electron chi connectivity index (χ3n) is 11.2. The van der Waals surface area contributed by atoms with E-state index in [1.54, 1.807) is 12.1 Å². The van der Waals surface area contributed by atoms with E-state index in [2.05, 4.69) is 0 Å². The first-order chi connectivity index (χ1) is 25.8. The molecule has 5 aliphatic rings. The largest absolute Gasteiger partial charge is 0.478 e. The maximum absolute atomic E-state index is 16.2. The second kappa shape index (κ2) is 11.1. The molecule has 2 fully saturated rings. The van der Waals surface area contributed by atoms with Crippen LogP contribution < -0.4 is 23.8 Å². The SMILES string of the molecule is O=C(O)c1cc(N2C(=O)[C@H]3[C@H](C2=O)[C@@]2(c4ccccc4)C(=O)[C@@]3(c3ccccc3)C(c3ccc4c(c3)OCO4)=C2c2ccc3c(c2)OCO3)ccc1Cl. The van der Waals surface area contributed by atoms with Crippen LogP contribution in [0.2, 0.25) is 5.02 Å². The first kappa shape index (κ1) is 31.4. The Morgan fingerprint density at radius 3 is 1.57 bits per heavy atom. The molecule has 0 aromatic heterocycles. The number of imide groups is 1. The number of allylic oxidation sites excluding steroid dienone is 2. The molecule has 10 nitrogen and oxygen atoms in total. The number of Topliss-reactive ketones (excluding diaryl/α,β-unsaturated/α-hetero) is 1. The van der Waals surface area contributed by atoms with Gasteiger partial charge in [-0.3, -0.25) is 14.4 Å². The Hall–Kier alpha value is -6.39. The van der Waals surface area contributed by atoms with Crippen LogP contribution in [0.5, 0.6) is 23.0 Å². The van der Waals surface area contributed by atoms with E-state index in [4.69, 9.17) is 30.5 Å². The van der Waals surface area contributed by atoms with Gasteiger partial charge >= 0.3 is 5.97 Å². The molecule has 5 aromatic carbocycles. The molecule has 1 N–H and O–H groups in total. The number of aromatic carboxylic acids is 1. The lowest BCUT2D eigenvalue weighted by Crippen LogP contribution is -2.45. The average molecular weight is 724 g/mol. The number of ether oxygens (including phenoxy) is 4. The van der Waals surface area contributed by atoms with Crippen molar-refractivity contribution in [3.05, 3.63) is 148 Å². The van der Waals surface area contributed by atoms with E-state index in [0.29, 0.717) is 56.4 Å². The zero-order valence-corrected chi connectivity index (χ0v) is 28.3. The van der Waals surface area contributed by atoms with Crippen molar-refractivity contribution in [1.82, 2.24) is 0 Å². The average Bonchev–Trinajstić information content (AvgIpc) is 3.99. The Labute approximate surface area is 306 Å². The first-order valence-electron chi connectivity index (χ1n) is 16.9. The van der Waals surface area contributed by atoms with Crippen molar-refractivity contribution in [1.29, 1.82) is 0 Å². The zero-order valence-electron chi connectivity index (χ0n) is 27.6. The van der Waals surface area contributed by atoms with Crippen LogP contribution in [-0.2, 0) is 25.2 Å². The summed E-state index contributed by atoms with van der Waals surface area (Å²) in [7, 11) is 0. The molecule has 0 radical (unpaired) electrons. The van der Waals surface area contributed by atoms with Crippen molar-refractivity contribution in [3.63, 3.8) is 0 Å². The number of hydrogen-bond acceptors (Lipinski definition) is 8. The molecule has 3 aliphatic heterocycles. The van der Waals surface area contributed by atoms with Crippen LogP contribution in [0.3, 0.4) is 0 Å². The fourth-order valence-electron chi connectivity index (χ4n) is 9.30. The Morgan fingerprint density at radius 1 is 0.623 bits per heavy atom. The summed E-state index contributed by atoms with van der Waals surface area (Å²) in [5.41, 5.74) is -0.265. The minimum atomic E-state index is -1.70. The van der Waals surface area contributed by atoms with Gasteiger partial charge in [-0.2, -0.15) is 0 Å². The van der Waals surface area contributed by atoms with Gasteiger partial charge in [0.05, 0.1) is 38.9 Å². The van der Waals surface area contributed by atoms with Crippen LogP contribution >= 0.6 is 11.6 Å². The number of nitrogens with zero attached hydrogens (tertiary/aromatic N) is 1. The summed E-state index contributed by atoms with van der Waals surface area (Å²) in [6.07, 6.45) is 0. The van der Waals surface area contributed by atoms with Gasteiger partial charge in [-0.1, -0.05) is 84.4 Å². The molecule has 0 spiro atoms. The summed E-state index contributed by atoms with van der Waals surface area (Å²) >= 11 is 6.24. The second-order valence-electron chi connectivity index (χ2n) is 13.5. The van der Waals surface area contributed by atoms with Gasteiger partial charge in [-0.05, 0) is 75.9 Å². The number of benzene rings is 5. The predicted octanol–water partition coefficient (Wildman–Crippen LogP) is 6.68. The van der Waals surface area contributed by atoms with E-state index < -0.39 is 40.4 Å². The summed E-state index contributed by atoms with van der Waals surface area (Å²) in [5.74, 6) is -3.33. The van der Waals surface area contributed by atoms with Crippen LogP contribution in [0.15, 0.2) is 115 Å². The Balaban J connectivity index is 1.35. The van der Waals surface area contributed by atoms with Crippen molar-refractivity contribution < 1.29 is 43.2 Å². The van der Waals surface area contributed by atoms with Crippen LogP contribution in [0, 0.1) is 11.8 Å². The predicted molar refractivity (Wildman–Crippen MR) is 191 cm³/mol. The van der Waals surface area contributed by atoms with Crippen LogP contribution in [0.4, 0.5) is 5.69 Å². The zero-order chi connectivity index (χ0) is 36.2. The lowest BCUT2D eigenvalue weighted by Gasteiger charge is -2.39. The number of carbonyl (C=O) groups excluding carboxylic acids is 3. The van der Waals surface area contributed by atoms with Crippen molar-refractivity contribution >= 4 is 52.0 Å². The topological polar surface area (TPSA) is 129 Å². The van der Waals surface area contributed by atoms with Crippen LogP contribution in [0.1, 0.15) is 32.6 Å². The van der Waals surface area contributed by atoms with Crippen molar-refractivity contribution in [3.8, 4) is 23.0 Å². The maximum atomic E-state index is 16.2. The molecule has 2 aliphatic carbocycles. The summed E-state index contributed by atoms with van der Waals surface area (Å²) in [6.45, 7) is 0.0469. The molecule has 1 saturated heterocycles. The molecule has 10 rings (SSSR count). The number of halogens is 1. The Kier molecular flexibility index (Phi) is 6.54. The number of rotatable bonds is 6. The van der Waals surface area contributed by atoms with Gasteiger partial charge in [0.25, 0.3) is 0 Å². The van der Waals surface area contributed by atoms with Crippen molar-refractivity contribution in [2.75, 3.05) is 18.5 Å². The summed E-state index contributed by atoms with van der Waals surface area (Å²) in [6, 6.07) is 33.0. The number of carboxylic acid groups (broad SMARTS) is 1.